The fraction of sp³-hybridized carbons (Fsp3) is 0.130. The lowest BCUT2D eigenvalue weighted by atomic mass is 10.2. The number of para-hydroxylation sites is 2. The van der Waals surface area contributed by atoms with Crippen molar-refractivity contribution in [3.63, 3.8) is 0 Å². The molecule has 2 N–H and O–H groups in total. The molecule has 1 atom stereocenters. The molecule has 0 saturated heterocycles. The largest absolute Gasteiger partial charge is 0.495 e. The van der Waals surface area contributed by atoms with Gasteiger partial charge in [-0.05, 0) is 49.4 Å². The van der Waals surface area contributed by atoms with Crippen LogP contribution < -0.4 is 15.4 Å². The molecule has 32 heavy (non-hydrogen) atoms. The summed E-state index contributed by atoms with van der Waals surface area (Å²) in [7, 11) is 1.54. The first kappa shape index (κ1) is 22.8. The van der Waals surface area contributed by atoms with Gasteiger partial charge in [-0.25, -0.2) is 0 Å². The van der Waals surface area contributed by atoms with Crippen molar-refractivity contribution < 1.29 is 19.2 Å². The fourth-order valence-corrected chi connectivity index (χ4v) is 3.69. The SMILES string of the molecule is COc1ccccc1NC(=O)C(C)Sc1ccc(NC(=O)c2cccc([N+](=O)[O-])c2)cc1. The summed E-state index contributed by atoms with van der Waals surface area (Å²) >= 11 is 1.37. The summed E-state index contributed by atoms with van der Waals surface area (Å²) < 4.78 is 5.25. The molecule has 164 valence electrons. The first-order valence-corrected chi connectivity index (χ1v) is 10.5. The average molecular weight is 452 g/mol. The Morgan fingerprint density at radius 2 is 1.72 bits per heavy atom. The van der Waals surface area contributed by atoms with Crippen LogP contribution in [-0.2, 0) is 4.79 Å². The van der Waals surface area contributed by atoms with Crippen LogP contribution in [0.5, 0.6) is 5.75 Å². The van der Waals surface area contributed by atoms with Crippen molar-refractivity contribution in [3.05, 3.63) is 88.5 Å². The van der Waals surface area contributed by atoms with E-state index in [2.05, 4.69) is 10.6 Å². The minimum Gasteiger partial charge on any atom is -0.495 e. The van der Waals surface area contributed by atoms with E-state index in [0.29, 0.717) is 17.1 Å². The molecule has 0 aliphatic carbocycles. The van der Waals surface area contributed by atoms with Gasteiger partial charge in [0.2, 0.25) is 5.91 Å². The molecule has 3 aromatic rings. The average Bonchev–Trinajstić information content (AvgIpc) is 2.80. The van der Waals surface area contributed by atoms with Gasteiger partial charge < -0.3 is 15.4 Å². The molecule has 9 heteroatoms. The third-order valence-electron chi connectivity index (χ3n) is 4.48. The van der Waals surface area contributed by atoms with Crippen molar-refractivity contribution in [2.45, 2.75) is 17.1 Å². The summed E-state index contributed by atoms with van der Waals surface area (Å²) in [4.78, 5) is 36.1. The summed E-state index contributed by atoms with van der Waals surface area (Å²) in [6.45, 7) is 1.80. The number of anilines is 2. The van der Waals surface area contributed by atoms with E-state index < -0.39 is 10.8 Å². The van der Waals surface area contributed by atoms with Gasteiger partial charge in [0.25, 0.3) is 11.6 Å². The molecule has 0 bridgehead atoms. The molecule has 0 saturated carbocycles. The minimum absolute atomic E-state index is 0.148. The number of nitrogens with one attached hydrogen (secondary N) is 2. The Morgan fingerprint density at radius 1 is 1.00 bits per heavy atom. The van der Waals surface area contributed by atoms with Gasteiger partial charge in [-0.3, -0.25) is 19.7 Å². The number of carbonyl (C=O) groups is 2. The van der Waals surface area contributed by atoms with Gasteiger partial charge in [0, 0.05) is 28.3 Å². The maximum Gasteiger partial charge on any atom is 0.270 e. The zero-order valence-corrected chi connectivity index (χ0v) is 18.2. The number of nitrogens with zero attached hydrogens (tertiary/aromatic N) is 1. The molecule has 0 radical (unpaired) electrons. The summed E-state index contributed by atoms with van der Waals surface area (Å²) in [5, 5.41) is 16.1. The van der Waals surface area contributed by atoms with Crippen LogP contribution in [0.3, 0.4) is 0 Å². The number of carbonyl (C=O) groups excluding carboxylic acids is 2. The van der Waals surface area contributed by atoms with Crippen molar-refractivity contribution in [2.75, 3.05) is 17.7 Å². The van der Waals surface area contributed by atoms with Crippen LogP contribution in [0.25, 0.3) is 0 Å². The number of nitro groups is 1. The Labute approximate surface area is 189 Å². The number of hydrogen-bond donors (Lipinski definition) is 2. The molecule has 0 fully saturated rings. The van der Waals surface area contributed by atoms with Crippen molar-refractivity contribution in [2.24, 2.45) is 0 Å². The second kappa shape index (κ2) is 10.5. The van der Waals surface area contributed by atoms with E-state index in [0.717, 1.165) is 4.90 Å². The topological polar surface area (TPSA) is 111 Å². The second-order valence-electron chi connectivity index (χ2n) is 6.74. The fourth-order valence-electron chi connectivity index (χ4n) is 2.82. The van der Waals surface area contributed by atoms with Gasteiger partial charge in [0.1, 0.15) is 5.75 Å². The third kappa shape index (κ3) is 5.86. The third-order valence-corrected chi connectivity index (χ3v) is 5.59. The highest BCUT2D eigenvalue weighted by molar-refractivity contribution is 8.00. The summed E-state index contributed by atoms with van der Waals surface area (Å²) in [6, 6.07) is 19.7. The molecule has 3 aromatic carbocycles. The molecule has 8 nitrogen and oxygen atoms in total. The molecule has 0 aliphatic rings. The number of nitro benzene ring substituents is 1. The van der Waals surface area contributed by atoms with E-state index in [1.807, 2.05) is 12.1 Å². The number of non-ortho nitro benzene ring substituents is 1. The molecular formula is C23H21N3O5S. The molecular weight excluding hydrogens is 430 g/mol. The Kier molecular flexibility index (Phi) is 7.45. The van der Waals surface area contributed by atoms with Crippen LogP contribution in [0.1, 0.15) is 17.3 Å². The van der Waals surface area contributed by atoms with E-state index in [9.17, 15) is 19.7 Å². The number of methoxy groups -OCH3 is 1. The number of hydrogen-bond acceptors (Lipinski definition) is 6. The Morgan fingerprint density at radius 3 is 2.41 bits per heavy atom. The van der Waals surface area contributed by atoms with Crippen LogP contribution in [0.4, 0.5) is 17.1 Å². The van der Waals surface area contributed by atoms with Crippen LogP contribution in [0.2, 0.25) is 0 Å². The van der Waals surface area contributed by atoms with E-state index in [1.54, 1.807) is 50.4 Å². The first-order valence-electron chi connectivity index (χ1n) is 9.64. The Balaban J connectivity index is 1.59. The van der Waals surface area contributed by atoms with E-state index in [1.165, 1.54) is 36.0 Å². The zero-order chi connectivity index (χ0) is 23.1. The Hall–Kier alpha value is -3.85. The van der Waals surface area contributed by atoms with Crippen LogP contribution in [0, 0.1) is 10.1 Å². The molecule has 1 unspecified atom stereocenters. The summed E-state index contributed by atoms with van der Waals surface area (Å²) in [5.41, 5.74) is 1.19. The number of ether oxygens (including phenoxy) is 1. The smallest absolute Gasteiger partial charge is 0.270 e. The maximum absolute atomic E-state index is 12.5. The van der Waals surface area contributed by atoms with Gasteiger partial charge in [0.05, 0.1) is 23.0 Å². The van der Waals surface area contributed by atoms with Gasteiger partial charge in [-0.1, -0.05) is 18.2 Å². The summed E-state index contributed by atoms with van der Waals surface area (Å²) in [5.74, 6) is -0.0249. The molecule has 0 aromatic heterocycles. The predicted octanol–water partition coefficient (Wildman–Crippen LogP) is 4.98. The second-order valence-corrected chi connectivity index (χ2v) is 8.15. The summed E-state index contributed by atoms with van der Waals surface area (Å²) in [6.07, 6.45) is 0. The predicted molar refractivity (Wildman–Crippen MR) is 124 cm³/mol. The lowest BCUT2D eigenvalue weighted by molar-refractivity contribution is -0.384. The molecule has 0 heterocycles. The van der Waals surface area contributed by atoms with Crippen molar-refractivity contribution in [3.8, 4) is 5.75 Å². The van der Waals surface area contributed by atoms with Gasteiger partial charge in [0.15, 0.2) is 0 Å². The zero-order valence-electron chi connectivity index (χ0n) is 17.4. The first-order chi connectivity index (χ1) is 15.4. The molecule has 3 rings (SSSR count). The lowest BCUT2D eigenvalue weighted by Gasteiger charge is -2.14. The molecule has 0 aliphatic heterocycles. The van der Waals surface area contributed by atoms with Crippen LogP contribution in [-0.4, -0.2) is 29.1 Å². The highest BCUT2D eigenvalue weighted by atomic mass is 32.2. The maximum atomic E-state index is 12.5. The van der Waals surface area contributed by atoms with Crippen molar-refractivity contribution in [1.82, 2.24) is 0 Å². The molecule has 2 amide bonds. The van der Waals surface area contributed by atoms with Crippen molar-refractivity contribution >= 4 is 40.6 Å². The van der Waals surface area contributed by atoms with E-state index in [-0.39, 0.29) is 22.4 Å². The number of thioether (sulfide) groups is 1. The standard InChI is InChI=1S/C23H21N3O5S/c1-15(22(27)25-20-8-3-4-9-21(20)31-2)32-19-12-10-17(11-13-19)24-23(28)16-6-5-7-18(14-16)26(29)30/h3-15H,1-2H3,(H,24,28)(H,25,27). The van der Waals surface area contributed by atoms with Gasteiger partial charge in [-0.2, -0.15) is 0 Å². The monoisotopic (exact) mass is 451 g/mol. The van der Waals surface area contributed by atoms with Gasteiger partial charge >= 0.3 is 0 Å². The quantitative estimate of drug-likeness (QED) is 0.284. The minimum atomic E-state index is -0.548. The van der Waals surface area contributed by atoms with Crippen LogP contribution >= 0.6 is 11.8 Å². The van der Waals surface area contributed by atoms with Crippen molar-refractivity contribution in [1.29, 1.82) is 0 Å². The normalized spacial score (nSPS) is 11.3. The number of rotatable bonds is 8. The highest BCUT2D eigenvalue weighted by Crippen LogP contribution is 2.28. The van der Waals surface area contributed by atoms with E-state index >= 15 is 0 Å². The van der Waals surface area contributed by atoms with Crippen LogP contribution in [0.15, 0.2) is 77.7 Å². The number of benzene rings is 3. The Bertz CT molecular complexity index is 1130. The highest BCUT2D eigenvalue weighted by Gasteiger charge is 2.17. The lowest BCUT2D eigenvalue weighted by Crippen LogP contribution is -2.22. The molecule has 0 spiro atoms. The van der Waals surface area contributed by atoms with E-state index in [4.69, 9.17) is 4.74 Å². The number of amides is 2. The van der Waals surface area contributed by atoms with Gasteiger partial charge in [-0.15, -0.1) is 11.8 Å².